The van der Waals surface area contributed by atoms with E-state index in [1.165, 1.54) is 0 Å². The number of carbonyl (C=O) groups excluding carboxylic acids is 2. The Morgan fingerprint density at radius 1 is 1.03 bits per heavy atom. The van der Waals surface area contributed by atoms with Gasteiger partial charge in [-0.2, -0.15) is 11.8 Å². The van der Waals surface area contributed by atoms with Crippen molar-refractivity contribution in [3.63, 3.8) is 0 Å². The number of nitrogens with one attached hydrogen (secondary N) is 1. The number of ether oxygens (including phenoxy) is 2. The lowest BCUT2D eigenvalue weighted by Crippen LogP contribution is -2.37. The molecule has 0 spiro atoms. The standard InChI is InChI=1S/C22H24N2O4S/c1-15-12-17(22(26)24-6-10-29-11-7-24)3-4-18(15)23-21(25)14-16-2-5-19-20(13-16)28-9-8-27-19/h2-5,12-13H,6-11,14H2,1H3,(H,23,25). The molecule has 1 N–H and O–H groups in total. The molecule has 4 rings (SSSR count). The Morgan fingerprint density at radius 2 is 1.79 bits per heavy atom. The van der Waals surface area contributed by atoms with Gasteiger partial charge in [0.2, 0.25) is 5.91 Å². The molecule has 2 amide bonds. The van der Waals surface area contributed by atoms with Crippen LogP contribution >= 0.6 is 11.8 Å². The van der Waals surface area contributed by atoms with Crippen LogP contribution < -0.4 is 14.8 Å². The minimum Gasteiger partial charge on any atom is -0.486 e. The van der Waals surface area contributed by atoms with Crippen LogP contribution in [0.3, 0.4) is 0 Å². The largest absolute Gasteiger partial charge is 0.486 e. The van der Waals surface area contributed by atoms with E-state index in [1.54, 1.807) is 6.07 Å². The van der Waals surface area contributed by atoms with Crippen LogP contribution in [-0.2, 0) is 11.2 Å². The van der Waals surface area contributed by atoms with Crippen LogP contribution in [0.1, 0.15) is 21.5 Å². The first-order valence-corrected chi connectivity index (χ1v) is 10.9. The molecule has 0 atom stereocenters. The van der Waals surface area contributed by atoms with Crippen molar-refractivity contribution in [2.45, 2.75) is 13.3 Å². The van der Waals surface area contributed by atoms with Gasteiger partial charge in [-0.1, -0.05) is 6.07 Å². The molecule has 2 aromatic rings. The molecule has 6 nitrogen and oxygen atoms in total. The molecular formula is C22H24N2O4S. The molecule has 2 heterocycles. The van der Waals surface area contributed by atoms with Gasteiger partial charge in [-0.05, 0) is 48.4 Å². The number of thioether (sulfide) groups is 1. The number of benzene rings is 2. The Balaban J connectivity index is 1.40. The molecule has 0 aliphatic carbocycles. The highest BCUT2D eigenvalue weighted by molar-refractivity contribution is 7.99. The van der Waals surface area contributed by atoms with E-state index in [9.17, 15) is 9.59 Å². The summed E-state index contributed by atoms with van der Waals surface area (Å²) in [7, 11) is 0. The Kier molecular flexibility index (Phi) is 5.94. The first-order chi connectivity index (χ1) is 14.1. The quantitative estimate of drug-likeness (QED) is 0.836. The predicted molar refractivity (Wildman–Crippen MR) is 114 cm³/mol. The third kappa shape index (κ3) is 4.67. The van der Waals surface area contributed by atoms with E-state index in [4.69, 9.17) is 9.47 Å². The molecule has 2 aliphatic heterocycles. The normalized spacial score (nSPS) is 15.7. The van der Waals surface area contributed by atoms with Crippen molar-refractivity contribution < 1.29 is 19.1 Å². The zero-order chi connectivity index (χ0) is 20.2. The molecule has 0 saturated carbocycles. The molecule has 2 aromatic carbocycles. The summed E-state index contributed by atoms with van der Waals surface area (Å²) in [5.41, 5.74) is 3.12. The molecule has 0 aromatic heterocycles. The molecule has 0 bridgehead atoms. The Hall–Kier alpha value is -2.67. The van der Waals surface area contributed by atoms with Gasteiger partial charge in [0.1, 0.15) is 13.2 Å². The number of aryl methyl sites for hydroxylation is 1. The van der Waals surface area contributed by atoms with Crippen molar-refractivity contribution in [1.82, 2.24) is 4.90 Å². The van der Waals surface area contributed by atoms with Gasteiger partial charge < -0.3 is 19.7 Å². The molecule has 2 aliphatic rings. The van der Waals surface area contributed by atoms with E-state index in [1.807, 2.05) is 53.9 Å². The van der Waals surface area contributed by atoms with Gasteiger partial charge in [-0.3, -0.25) is 9.59 Å². The van der Waals surface area contributed by atoms with Crippen molar-refractivity contribution in [2.24, 2.45) is 0 Å². The molecular weight excluding hydrogens is 388 g/mol. The number of hydrogen-bond donors (Lipinski definition) is 1. The van der Waals surface area contributed by atoms with Gasteiger partial charge in [-0.15, -0.1) is 0 Å². The summed E-state index contributed by atoms with van der Waals surface area (Å²) in [5, 5.41) is 2.95. The predicted octanol–water partition coefficient (Wildman–Crippen LogP) is 3.14. The van der Waals surface area contributed by atoms with Gasteiger partial charge in [-0.25, -0.2) is 0 Å². The van der Waals surface area contributed by atoms with Crippen molar-refractivity contribution >= 4 is 29.3 Å². The zero-order valence-corrected chi connectivity index (χ0v) is 17.2. The van der Waals surface area contributed by atoms with Gasteiger partial charge in [0, 0.05) is 35.8 Å². The van der Waals surface area contributed by atoms with Crippen molar-refractivity contribution in [3.05, 3.63) is 53.1 Å². The molecule has 1 saturated heterocycles. The molecule has 29 heavy (non-hydrogen) atoms. The summed E-state index contributed by atoms with van der Waals surface area (Å²) in [4.78, 5) is 27.1. The van der Waals surface area contributed by atoms with Gasteiger partial charge >= 0.3 is 0 Å². The highest BCUT2D eigenvalue weighted by atomic mass is 32.2. The zero-order valence-electron chi connectivity index (χ0n) is 16.4. The fraction of sp³-hybridized carbons (Fsp3) is 0.364. The maximum absolute atomic E-state index is 12.7. The second kappa shape index (κ2) is 8.78. The summed E-state index contributed by atoms with van der Waals surface area (Å²) in [5.74, 6) is 3.30. The second-order valence-corrected chi connectivity index (χ2v) is 8.36. The fourth-order valence-electron chi connectivity index (χ4n) is 3.46. The highest BCUT2D eigenvalue weighted by Crippen LogP contribution is 2.31. The summed E-state index contributed by atoms with van der Waals surface area (Å²) in [6, 6.07) is 11.0. The average molecular weight is 413 g/mol. The number of rotatable bonds is 4. The molecule has 152 valence electrons. The third-order valence-corrected chi connectivity index (χ3v) is 5.96. The Morgan fingerprint density at radius 3 is 2.55 bits per heavy atom. The van der Waals surface area contributed by atoms with Crippen LogP contribution in [0, 0.1) is 6.92 Å². The van der Waals surface area contributed by atoms with Crippen LogP contribution in [0.4, 0.5) is 5.69 Å². The van der Waals surface area contributed by atoms with E-state index < -0.39 is 0 Å². The minimum absolute atomic E-state index is 0.0579. The summed E-state index contributed by atoms with van der Waals surface area (Å²) < 4.78 is 11.1. The number of amides is 2. The number of anilines is 1. The van der Waals surface area contributed by atoms with Crippen LogP contribution in [0.15, 0.2) is 36.4 Å². The van der Waals surface area contributed by atoms with Crippen molar-refractivity contribution in [2.75, 3.05) is 43.1 Å². The second-order valence-electron chi connectivity index (χ2n) is 7.14. The van der Waals surface area contributed by atoms with Crippen LogP contribution in [0.2, 0.25) is 0 Å². The summed E-state index contributed by atoms with van der Waals surface area (Å²) in [6.45, 7) is 4.54. The van der Waals surface area contributed by atoms with Crippen molar-refractivity contribution in [3.8, 4) is 11.5 Å². The van der Waals surface area contributed by atoms with E-state index in [0.29, 0.717) is 30.3 Å². The molecule has 1 fully saturated rings. The molecule has 0 radical (unpaired) electrons. The van der Waals surface area contributed by atoms with Crippen LogP contribution in [0.5, 0.6) is 11.5 Å². The summed E-state index contributed by atoms with van der Waals surface area (Å²) >= 11 is 1.88. The topological polar surface area (TPSA) is 67.9 Å². The third-order valence-electron chi connectivity index (χ3n) is 5.02. The fourth-order valence-corrected chi connectivity index (χ4v) is 4.37. The lowest BCUT2D eigenvalue weighted by atomic mass is 10.1. The van der Waals surface area contributed by atoms with E-state index in [2.05, 4.69) is 5.32 Å². The average Bonchev–Trinajstić information content (AvgIpc) is 2.75. The van der Waals surface area contributed by atoms with E-state index in [-0.39, 0.29) is 18.2 Å². The Labute approximate surface area is 174 Å². The number of hydrogen-bond acceptors (Lipinski definition) is 5. The maximum Gasteiger partial charge on any atom is 0.253 e. The first-order valence-electron chi connectivity index (χ1n) is 9.76. The number of fused-ring (bicyclic) bond motifs is 1. The Bertz CT molecular complexity index is 925. The lowest BCUT2D eigenvalue weighted by Gasteiger charge is -2.26. The smallest absolute Gasteiger partial charge is 0.253 e. The van der Waals surface area contributed by atoms with Crippen molar-refractivity contribution in [1.29, 1.82) is 0 Å². The van der Waals surface area contributed by atoms with E-state index in [0.717, 1.165) is 41.4 Å². The highest BCUT2D eigenvalue weighted by Gasteiger charge is 2.19. The SMILES string of the molecule is Cc1cc(C(=O)N2CCSCC2)ccc1NC(=O)Cc1ccc2c(c1)OCCO2. The van der Waals surface area contributed by atoms with E-state index >= 15 is 0 Å². The van der Waals surface area contributed by atoms with Crippen LogP contribution in [0.25, 0.3) is 0 Å². The monoisotopic (exact) mass is 412 g/mol. The summed E-state index contributed by atoms with van der Waals surface area (Å²) in [6.07, 6.45) is 0.238. The van der Waals surface area contributed by atoms with Crippen LogP contribution in [-0.4, -0.2) is 54.5 Å². The maximum atomic E-state index is 12.7. The first kappa shape index (κ1) is 19.6. The minimum atomic E-state index is -0.114. The molecule has 7 heteroatoms. The van der Waals surface area contributed by atoms with Gasteiger partial charge in [0.15, 0.2) is 11.5 Å². The van der Waals surface area contributed by atoms with Gasteiger partial charge in [0.25, 0.3) is 5.91 Å². The van der Waals surface area contributed by atoms with Gasteiger partial charge in [0.05, 0.1) is 6.42 Å². The number of carbonyl (C=O) groups is 2. The number of nitrogens with zero attached hydrogens (tertiary/aromatic N) is 1. The molecule has 0 unspecified atom stereocenters. The lowest BCUT2D eigenvalue weighted by molar-refractivity contribution is -0.115.